The first-order valence-corrected chi connectivity index (χ1v) is 15.7. The SMILES string of the molecule is Cc1cccc2c3ccccc3n(-c3ccc(-c4c(C#N)cc(-c5ccc(-c6cnc(-c7ccccc7)cn6)cc5)cc4C#N)cc3)c12. The maximum Gasteiger partial charge on any atom is 0.0998 e. The summed E-state index contributed by atoms with van der Waals surface area (Å²) in [7, 11) is 0. The first kappa shape index (κ1) is 28.6. The smallest absolute Gasteiger partial charge is 0.0998 e. The Morgan fingerprint density at radius 3 is 1.73 bits per heavy atom. The number of benzene rings is 6. The lowest BCUT2D eigenvalue weighted by Gasteiger charge is -2.13. The zero-order valence-electron chi connectivity index (χ0n) is 26.1. The highest BCUT2D eigenvalue weighted by Crippen LogP contribution is 2.36. The van der Waals surface area contributed by atoms with Crippen LogP contribution < -0.4 is 0 Å². The Bertz CT molecular complexity index is 2510. The van der Waals surface area contributed by atoms with Crippen molar-refractivity contribution in [3.05, 3.63) is 163 Å². The van der Waals surface area contributed by atoms with E-state index in [9.17, 15) is 10.5 Å². The Labute approximate surface area is 278 Å². The standard InChI is InChI=1S/C43H27N5/c1-28-8-7-12-38-37-11-5-6-13-41(37)48(43(28)38)36-20-18-32(19-21-36)42-34(24-44)22-33(23-35(42)25-45)29-14-16-31(17-15-29)40-27-46-39(26-47-40)30-9-3-2-4-10-30/h2-23,26-27H,1H3. The summed E-state index contributed by atoms with van der Waals surface area (Å²) in [6.07, 6.45) is 3.56. The summed E-state index contributed by atoms with van der Waals surface area (Å²) in [6.45, 7) is 2.14. The van der Waals surface area contributed by atoms with Crippen molar-refractivity contribution in [2.45, 2.75) is 6.92 Å². The number of rotatable bonds is 5. The molecular formula is C43H27N5. The van der Waals surface area contributed by atoms with Crippen molar-refractivity contribution in [3.8, 4) is 62.6 Å². The fourth-order valence-electron chi connectivity index (χ4n) is 6.60. The molecule has 5 heteroatoms. The molecule has 0 aliphatic rings. The van der Waals surface area contributed by atoms with Crippen molar-refractivity contribution in [1.29, 1.82) is 10.5 Å². The number of aromatic nitrogens is 3. The van der Waals surface area contributed by atoms with Gasteiger partial charge in [-0.15, -0.1) is 0 Å². The van der Waals surface area contributed by atoms with Crippen LogP contribution >= 0.6 is 0 Å². The normalized spacial score (nSPS) is 11.0. The van der Waals surface area contributed by atoms with Gasteiger partial charge >= 0.3 is 0 Å². The Kier molecular flexibility index (Phi) is 7.06. The van der Waals surface area contributed by atoms with E-state index in [-0.39, 0.29) is 0 Å². The Morgan fingerprint density at radius 2 is 1.08 bits per heavy atom. The van der Waals surface area contributed by atoms with E-state index in [0.29, 0.717) is 16.7 Å². The molecule has 0 amide bonds. The van der Waals surface area contributed by atoms with Gasteiger partial charge in [-0.05, 0) is 59.5 Å². The summed E-state index contributed by atoms with van der Waals surface area (Å²) < 4.78 is 2.29. The van der Waals surface area contributed by atoms with Crippen molar-refractivity contribution >= 4 is 21.8 Å². The van der Waals surface area contributed by atoms with Crippen molar-refractivity contribution in [1.82, 2.24) is 14.5 Å². The minimum absolute atomic E-state index is 0.455. The molecule has 0 radical (unpaired) electrons. The fourth-order valence-corrected chi connectivity index (χ4v) is 6.60. The zero-order chi connectivity index (χ0) is 32.6. The number of para-hydroxylation sites is 2. The molecular weight excluding hydrogens is 587 g/mol. The summed E-state index contributed by atoms with van der Waals surface area (Å²) in [5.74, 6) is 0. The average Bonchev–Trinajstić information content (AvgIpc) is 3.50. The quantitative estimate of drug-likeness (QED) is 0.193. The van der Waals surface area contributed by atoms with Gasteiger partial charge in [0.05, 0.1) is 58.1 Å². The van der Waals surface area contributed by atoms with Crippen LogP contribution in [0.1, 0.15) is 16.7 Å². The molecule has 224 valence electrons. The summed E-state index contributed by atoms with van der Waals surface area (Å²) in [5, 5.41) is 22.9. The molecule has 0 atom stereocenters. The number of hydrogen-bond acceptors (Lipinski definition) is 4. The third kappa shape index (κ3) is 4.88. The molecule has 0 unspecified atom stereocenters. The maximum atomic E-state index is 10.3. The van der Waals surface area contributed by atoms with Crippen molar-refractivity contribution in [3.63, 3.8) is 0 Å². The van der Waals surface area contributed by atoms with Crippen LogP contribution in [0.2, 0.25) is 0 Å². The lowest BCUT2D eigenvalue weighted by atomic mass is 9.90. The second kappa shape index (κ2) is 11.8. The molecule has 8 aromatic rings. The summed E-state index contributed by atoms with van der Waals surface area (Å²) in [5.41, 5.74) is 12.2. The molecule has 2 aromatic heterocycles. The molecule has 0 N–H and O–H groups in total. The highest BCUT2D eigenvalue weighted by atomic mass is 15.0. The van der Waals surface area contributed by atoms with Crippen molar-refractivity contribution in [2.24, 2.45) is 0 Å². The van der Waals surface area contributed by atoms with Gasteiger partial charge in [-0.25, -0.2) is 0 Å². The lowest BCUT2D eigenvalue weighted by molar-refractivity contribution is 1.17. The van der Waals surface area contributed by atoms with Crippen molar-refractivity contribution in [2.75, 3.05) is 0 Å². The van der Waals surface area contributed by atoms with Crippen LogP contribution in [0.4, 0.5) is 0 Å². The Balaban J connectivity index is 1.12. The van der Waals surface area contributed by atoms with Gasteiger partial charge in [0.25, 0.3) is 0 Å². The van der Waals surface area contributed by atoms with Gasteiger partial charge in [-0.2, -0.15) is 10.5 Å². The number of nitriles is 2. The Hall–Kier alpha value is -6.82. The predicted molar refractivity (Wildman–Crippen MR) is 192 cm³/mol. The number of fused-ring (bicyclic) bond motifs is 3. The van der Waals surface area contributed by atoms with E-state index < -0.39 is 0 Å². The maximum absolute atomic E-state index is 10.3. The fraction of sp³-hybridized carbons (Fsp3) is 0.0233. The number of nitrogens with zero attached hydrogens (tertiary/aromatic N) is 5. The molecule has 6 aromatic carbocycles. The Morgan fingerprint density at radius 1 is 0.521 bits per heavy atom. The molecule has 48 heavy (non-hydrogen) atoms. The van der Waals surface area contributed by atoms with E-state index in [1.165, 1.54) is 21.9 Å². The topological polar surface area (TPSA) is 78.3 Å². The van der Waals surface area contributed by atoms with Gasteiger partial charge in [-0.3, -0.25) is 9.97 Å². The molecule has 0 saturated heterocycles. The van der Waals surface area contributed by atoms with E-state index in [1.807, 2.05) is 78.9 Å². The van der Waals surface area contributed by atoms with Gasteiger partial charge in [0, 0.05) is 33.2 Å². The minimum atomic E-state index is 0.455. The first-order chi connectivity index (χ1) is 23.6. The van der Waals surface area contributed by atoms with Crippen LogP contribution in [0.15, 0.2) is 146 Å². The minimum Gasteiger partial charge on any atom is -0.309 e. The second-order valence-corrected chi connectivity index (χ2v) is 11.8. The number of aryl methyl sites for hydroxylation is 1. The van der Waals surface area contributed by atoms with E-state index in [1.54, 1.807) is 12.4 Å². The van der Waals surface area contributed by atoms with Gasteiger partial charge in [-0.1, -0.05) is 103 Å². The monoisotopic (exact) mass is 613 g/mol. The van der Waals surface area contributed by atoms with E-state index in [4.69, 9.17) is 0 Å². The summed E-state index contributed by atoms with van der Waals surface area (Å²) in [6, 6.07) is 49.3. The van der Waals surface area contributed by atoms with E-state index in [2.05, 4.69) is 88.2 Å². The zero-order valence-corrected chi connectivity index (χ0v) is 26.1. The average molecular weight is 614 g/mol. The van der Waals surface area contributed by atoms with Crippen LogP contribution in [0.25, 0.3) is 72.3 Å². The van der Waals surface area contributed by atoms with Crippen LogP contribution in [-0.4, -0.2) is 14.5 Å². The molecule has 0 aliphatic heterocycles. The molecule has 0 saturated carbocycles. The molecule has 2 heterocycles. The van der Waals surface area contributed by atoms with Gasteiger partial charge in [0.15, 0.2) is 0 Å². The van der Waals surface area contributed by atoms with Gasteiger partial charge in [0.2, 0.25) is 0 Å². The molecule has 0 bridgehead atoms. The largest absolute Gasteiger partial charge is 0.309 e. The molecule has 0 fully saturated rings. The molecule has 0 aliphatic carbocycles. The van der Waals surface area contributed by atoms with Crippen molar-refractivity contribution < 1.29 is 0 Å². The van der Waals surface area contributed by atoms with Crippen LogP contribution in [0, 0.1) is 29.6 Å². The van der Waals surface area contributed by atoms with Crippen LogP contribution in [-0.2, 0) is 0 Å². The summed E-state index contributed by atoms with van der Waals surface area (Å²) in [4.78, 5) is 9.24. The van der Waals surface area contributed by atoms with Crippen LogP contribution in [0.5, 0.6) is 0 Å². The third-order valence-corrected chi connectivity index (χ3v) is 8.93. The lowest BCUT2D eigenvalue weighted by Crippen LogP contribution is -1.96. The highest BCUT2D eigenvalue weighted by molar-refractivity contribution is 6.10. The highest BCUT2D eigenvalue weighted by Gasteiger charge is 2.17. The van der Waals surface area contributed by atoms with Gasteiger partial charge in [0.1, 0.15) is 0 Å². The third-order valence-electron chi connectivity index (χ3n) is 8.93. The second-order valence-electron chi connectivity index (χ2n) is 11.8. The molecule has 0 spiro atoms. The molecule has 8 rings (SSSR count). The predicted octanol–water partition coefficient (Wildman–Crippen LogP) is 10.3. The summed E-state index contributed by atoms with van der Waals surface area (Å²) >= 11 is 0. The first-order valence-electron chi connectivity index (χ1n) is 15.7. The molecule has 5 nitrogen and oxygen atoms in total. The van der Waals surface area contributed by atoms with Gasteiger partial charge < -0.3 is 4.57 Å². The van der Waals surface area contributed by atoms with E-state index in [0.717, 1.165) is 50.4 Å². The van der Waals surface area contributed by atoms with E-state index >= 15 is 0 Å². The number of hydrogen-bond donors (Lipinski definition) is 0. The van der Waals surface area contributed by atoms with Crippen LogP contribution in [0.3, 0.4) is 0 Å².